The molecule has 1 aliphatic rings. The topological polar surface area (TPSA) is 114 Å². The van der Waals surface area contributed by atoms with Gasteiger partial charge in [-0.2, -0.15) is 0 Å². The summed E-state index contributed by atoms with van der Waals surface area (Å²) in [7, 11) is 0. The van der Waals surface area contributed by atoms with E-state index in [0.717, 1.165) is 6.07 Å². The van der Waals surface area contributed by atoms with Crippen LogP contribution in [0.4, 0.5) is 5.88 Å². The Bertz CT molecular complexity index is 584. The van der Waals surface area contributed by atoms with Gasteiger partial charge in [0.15, 0.2) is 5.76 Å². The first kappa shape index (κ1) is 15.4. The van der Waals surface area contributed by atoms with Crippen molar-refractivity contribution in [1.82, 2.24) is 4.90 Å². The molecule has 0 aliphatic carbocycles. The molecule has 0 aromatic carbocycles. The van der Waals surface area contributed by atoms with Gasteiger partial charge < -0.3 is 14.4 Å². The van der Waals surface area contributed by atoms with Crippen molar-refractivity contribution < 1.29 is 24.0 Å². The highest BCUT2D eigenvalue weighted by atomic mass is 32.2. The number of carbonyl (C=O) groups excluding carboxylic acids is 1. The minimum atomic E-state index is -1.10. The molecule has 1 aromatic rings. The number of nitro groups is 1. The van der Waals surface area contributed by atoms with Crippen LogP contribution in [0.1, 0.15) is 24.4 Å². The first-order valence-corrected chi connectivity index (χ1v) is 7.29. The second-order valence-electron chi connectivity index (χ2n) is 4.93. The summed E-state index contributed by atoms with van der Waals surface area (Å²) in [4.78, 5) is 34.8. The molecule has 2 atom stereocenters. The van der Waals surface area contributed by atoms with E-state index in [-0.39, 0.29) is 22.8 Å². The number of thioether (sulfide) groups is 1. The summed E-state index contributed by atoms with van der Waals surface area (Å²) in [5.41, 5.74) is 0. The van der Waals surface area contributed by atoms with Gasteiger partial charge in [0, 0.05) is 5.75 Å². The number of nitrogens with zero attached hydrogens (tertiary/aromatic N) is 2. The molecule has 2 rings (SSSR count). The lowest BCUT2D eigenvalue weighted by atomic mass is 10.1. The molecular weight excluding hydrogens is 300 g/mol. The molecule has 1 aliphatic heterocycles. The molecule has 0 bridgehead atoms. The zero-order chi connectivity index (χ0) is 15.7. The van der Waals surface area contributed by atoms with Crippen LogP contribution in [0.3, 0.4) is 0 Å². The summed E-state index contributed by atoms with van der Waals surface area (Å²) < 4.78 is 4.88. The number of hydrogen-bond acceptors (Lipinski definition) is 6. The second kappa shape index (κ2) is 5.76. The number of aliphatic carboxylic acids is 1. The highest BCUT2D eigenvalue weighted by molar-refractivity contribution is 8.00. The quantitative estimate of drug-likeness (QED) is 0.665. The van der Waals surface area contributed by atoms with Gasteiger partial charge in [-0.3, -0.25) is 14.9 Å². The van der Waals surface area contributed by atoms with Gasteiger partial charge in [-0.1, -0.05) is 13.8 Å². The third kappa shape index (κ3) is 2.87. The molecule has 21 heavy (non-hydrogen) atoms. The van der Waals surface area contributed by atoms with Crippen molar-refractivity contribution in [3.05, 3.63) is 28.0 Å². The van der Waals surface area contributed by atoms with E-state index in [2.05, 4.69) is 0 Å². The van der Waals surface area contributed by atoms with E-state index in [1.807, 2.05) is 13.8 Å². The molecule has 114 valence electrons. The van der Waals surface area contributed by atoms with Gasteiger partial charge in [0.2, 0.25) is 0 Å². The normalized spacial score (nSPS) is 21.8. The Morgan fingerprint density at radius 1 is 1.52 bits per heavy atom. The fourth-order valence-corrected chi connectivity index (χ4v) is 3.63. The summed E-state index contributed by atoms with van der Waals surface area (Å²) in [5.74, 6) is -2.17. The lowest BCUT2D eigenvalue weighted by molar-refractivity contribution is -0.402. The van der Waals surface area contributed by atoms with Gasteiger partial charge >= 0.3 is 11.9 Å². The van der Waals surface area contributed by atoms with E-state index in [9.17, 15) is 24.8 Å². The zero-order valence-electron chi connectivity index (χ0n) is 11.4. The minimum absolute atomic E-state index is 0.0493. The number of rotatable bonds is 4. The smallest absolute Gasteiger partial charge is 0.433 e. The molecule has 1 amide bonds. The first-order chi connectivity index (χ1) is 9.82. The van der Waals surface area contributed by atoms with Crippen molar-refractivity contribution in [3.8, 4) is 0 Å². The van der Waals surface area contributed by atoms with Crippen molar-refractivity contribution in [2.45, 2.75) is 25.3 Å². The average Bonchev–Trinajstić information content (AvgIpc) is 3.04. The molecule has 2 heterocycles. The first-order valence-electron chi connectivity index (χ1n) is 6.24. The van der Waals surface area contributed by atoms with E-state index in [4.69, 9.17) is 4.42 Å². The number of carbonyl (C=O) groups is 2. The van der Waals surface area contributed by atoms with Crippen LogP contribution in [0.5, 0.6) is 0 Å². The van der Waals surface area contributed by atoms with Crippen LogP contribution in [0, 0.1) is 16.0 Å². The number of hydrogen-bond donors (Lipinski definition) is 1. The summed E-state index contributed by atoms with van der Waals surface area (Å²) in [6.07, 6.45) is 0. The summed E-state index contributed by atoms with van der Waals surface area (Å²) in [6, 6.07) is 1.31. The van der Waals surface area contributed by atoms with E-state index in [1.165, 1.54) is 22.7 Å². The molecule has 1 N–H and O–H groups in total. The number of furan rings is 1. The summed E-state index contributed by atoms with van der Waals surface area (Å²) in [6.45, 7) is 3.76. The van der Waals surface area contributed by atoms with Crippen molar-refractivity contribution in [1.29, 1.82) is 0 Å². The third-order valence-electron chi connectivity index (χ3n) is 3.11. The van der Waals surface area contributed by atoms with Crippen molar-refractivity contribution in [3.63, 3.8) is 0 Å². The van der Waals surface area contributed by atoms with Gasteiger partial charge in [0.05, 0.1) is 11.4 Å². The average molecular weight is 314 g/mol. The van der Waals surface area contributed by atoms with Crippen molar-refractivity contribution in [2.75, 3.05) is 5.75 Å². The highest BCUT2D eigenvalue weighted by Crippen LogP contribution is 2.35. The van der Waals surface area contributed by atoms with Crippen LogP contribution in [0.15, 0.2) is 16.5 Å². The SMILES string of the molecule is CC(C)C1SCC(C(=O)O)N1C(=O)c1ccc([N+](=O)[O-])o1. The third-order valence-corrected chi connectivity index (χ3v) is 4.73. The highest BCUT2D eigenvalue weighted by Gasteiger charge is 2.44. The van der Waals surface area contributed by atoms with Crippen LogP contribution in [0.2, 0.25) is 0 Å². The van der Waals surface area contributed by atoms with Gasteiger partial charge in [0.1, 0.15) is 11.0 Å². The van der Waals surface area contributed by atoms with Crippen LogP contribution in [-0.2, 0) is 4.79 Å². The number of carboxylic acids is 1. The number of amides is 1. The Balaban J connectivity index is 2.31. The Labute approximate surface area is 124 Å². The predicted octanol–water partition coefficient (Wildman–Crippen LogP) is 1.81. The maximum Gasteiger partial charge on any atom is 0.433 e. The van der Waals surface area contributed by atoms with Crippen LogP contribution >= 0.6 is 11.8 Å². The van der Waals surface area contributed by atoms with Gasteiger partial charge in [-0.15, -0.1) is 11.8 Å². The number of carboxylic acid groups (broad SMARTS) is 1. The van der Waals surface area contributed by atoms with Gasteiger partial charge in [0.25, 0.3) is 5.91 Å². The van der Waals surface area contributed by atoms with E-state index >= 15 is 0 Å². The van der Waals surface area contributed by atoms with E-state index in [0.29, 0.717) is 0 Å². The van der Waals surface area contributed by atoms with E-state index in [1.54, 1.807) is 0 Å². The molecule has 1 saturated heterocycles. The largest absolute Gasteiger partial charge is 0.480 e. The fraction of sp³-hybridized carbons (Fsp3) is 0.500. The van der Waals surface area contributed by atoms with Crippen LogP contribution < -0.4 is 0 Å². The molecule has 0 spiro atoms. The molecule has 0 saturated carbocycles. The molecule has 1 aromatic heterocycles. The molecule has 0 radical (unpaired) electrons. The Morgan fingerprint density at radius 2 is 2.19 bits per heavy atom. The fourth-order valence-electron chi connectivity index (χ4n) is 2.16. The zero-order valence-corrected chi connectivity index (χ0v) is 12.2. The van der Waals surface area contributed by atoms with E-state index < -0.39 is 28.7 Å². The molecular formula is C12H14N2O6S. The monoisotopic (exact) mass is 314 g/mol. The predicted molar refractivity (Wildman–Crippen MR) is 74.0 cm³/mol. The molecule has 9 heteroatoms. The molecule has 2 unspecified atom stereocenters. The molecule has 8 nitrogen and oxygen atoms in total. The standard InChI is InChI=1S/C12H14N2O6S/c1-6(2)11-13(7(5-21-11)12(16)17)10(15)8-3-4-9(20-8)14(18)19/h3-4,6-7,11H,5H2,1-2H3,(H,16,17). The van der Waals surface area contributed by atoms with Crippen LogP contribution in [0.25, 0.3) is 0 Å². The van der Waals surface area contributed by atoms with Gasteiger partial charge in [-0.25, -0.2) is 4.79 Å². The van der Waals surface area contributed by atoms with Crippen LogP contribution in [-0.4, -0.2) is 44.0 Å². The van der Waals surface area contributed by atoms with Crippen molar-refractivity contribution >= 4 is 29.5 Å². The maximum atomic E-state index is 12.4. The summed E-state index contributed by atoms with van der Waals surface area (Å²) in [5, 5.41) is 19.5. The summed E-state index contributed by atoms with van der Waals surface area (Å²) >= 11 is 1.38. The van der Waals surface area contributed by atoms with Gasteiger partial charge in [-0.05, 0) is 12.0 Å². The Kier molecular flexibility index (Phi) is 4.21. The second-order valence-corrected chi connectivity index (χ2v) is 6.08. The van der Waals surface area contributed by atoms with Crippen molar-refractivity contribution in [2.24, 2.45) is 5.92 Å². The Morgan fingerprint density at radius 3 is 2.67 bits per heavy atom. The minimum Gasteiger partial charge on any atom is -0.480 e. The lowest BCUT2D eigenvalue weighted by Crippen LogP contribution is -2.47. The lowest BCUT2D eigenvalue weighted by Gasteiger charge is -2.28. The Hall–Kier alpha value is -2.03. The molecule has 1 fully saturated rings. The maximum absolute atomic E-state index is 12.4.